The fourth-order valence-electron chi connectivity index (χ4n) is 3.24. The summed E-state index contributed by atoms with van der Waals surface area (Å²) in [6.07, 6.45) is 3.10. The third-order valence-corrected chi connectivity index (χ3v) is 4.83. The van der Waals surface area contributed by atoms with Gasteiger partial charge in [0.25, 0.3) is 0 Å². The number of carbonyl (C=O) groups excluding carboxylic acids is 1. The van der Waals surface area contributed by atoms with Crippen molar-refractivity contribution in [3.05, 3.63) is 29.8 Å². The molecule has 1 aromatic rings. The SMILES string of the molecule is O=C(C1CCOc2ccccc21)N1CCC(CCBr)C1. The highest BCUT2D eigenvalue weighted by molar-refractivity contribution is 9.09. The summed E-state index contributed by atoms with van der Waals surface area (Å²) < 4.78 is 5.65. The lowest BCUT2D eigenvalue weighted by Gasteiger charge is -2.28. The summed E-state index contributed by atoms with van der Waals surface area (Å²) in [6.45, 7) is 2.48. The van der Waals surface area contributed by atoms with Gasteiger partial charge in [0.15, 0.2) is 0 Å². The van der Waals surface area contributed by atoms with Gasteiger partial charge in [0.2, 0.25) is 5.91 Å². The van der Waals surface area contributed by atoms with Gasteiger partial charge in [0, 0.05) is 24.0 Å². The Bertz CT molecular complexity index is 491. The first-order valence-electron chi connectivity index (χ1n) is 7.36. The van der Waals surface area contributed by atoms with Crippen molar-refractivity contribution in [2.75, 3.05) is 25.0 Å². The first-order valence-corrected chi connectivity index (χ1v) is 8.48. The Morgan fingerprint density at radius 2 is 2.20 bits per heavy atom. The van der Waals surface area contributed by atoms with Crippen LogP contribution in [0.4, 0.5) is 0 Å². The number of nitrogens with zero attached hydrogens (tertiary/aromatic N) is 1. The van der Waals surface area contributed by atoms with Crippen LogP contribution in [0.2, 0.25) is 0 Å². The van der Waals surface area contributed by atoms with Gasteiger partial charge in [-0.05, 0) is 31.2 Å². The number of carbonyl (C=O) groups is 1. The van der Waals surface area contributed by atoms with E-state index < -0.39 is 0 Å². The standard InChI is InChI=1S/C16H20BrNO2/c17-8-5-12-6-9-18(11-12)16(19)14-7-10-20-15-4-2-1-3-13(14)15/h1-4,12,14H,5-11H2. The number of rotatable bonds is 3. The molecule has 1 fully saturated rings. The number of amides is 1. The maximum absolute atomic E-state index is 12.8. The number of alkyl halides is 1. The number of fused-ring (bicyclic) bond motifs is 1. The van der Waals surface area contributed by atoms with Crippen molar-refractivity contribution in [3.63, 3.8) is 0 Å². The smallest absolute Gasteiger partial charge is 0.230 e. The molecule has 2 aliphatic rings. The molecule has 0 N–H and O–H groups in total. The zero-order valence-electron chi connectivity index (χ0n) is 11.6. The van der Waals surface area contributed by atoms with E-state index in [1.807, 2.05) is 24.3 Å². The van der Waals surface area contributed by atoms with E-state index in [9.17, 15) is 4.79 Å². The van der Waals surface area contributed by atoms with Crippen molar-refractivity contribution in [1.29, 1.82) is 0 Å². The second-order valence-corrected chi connectivity index (χ2v) is 6.44. The third kappa shape index (κ3) is 2.71. The number of para-hydroxylation sites is 1. The Morgan fingerprint density at radius 3 is 3.05 bits per heavy atom. The Hall–Kier alpha value is -1.03. The molecular formula is C16H20BrNO2. The predicted octanol–water partition coefficient (Wildman–Crippen LogP) is 3.19. The third-order valence-electron chi connectivity index (χ3n) is 4.37. The van der Waals surface area contributed by atoms with E-state index in [1.165, 1.54) is 0 Å². The molecule has 2 unspecified atom stereocenters. The molecule has 20 heavy (non-hydrogen) atoms. The van der Waals surface area contributed by atoms with E-state index in [1.54, 1.807) is 0 Å². The van der Waals surface area contributed by atoms with Crippen molar-refractivity contribution in [2.24, 2.45) is 5.92 Å². The molecule has 0 saturated carbocycles. The molecule has 2 atom stereocenters. The minimum absolute atomic E-state index is 0.0114. The van der Waals surface area contributed by atoms with Gasteiger partial charge < -0.3 is 9.64 Å². The van der Waals surface area contributed by atoms with Crippen LogP contribution in [0.25, 0.3) is 0 Å². The Morgan fingerprint density at radius 1 is 1.35 bits per heavy atom. The number of hydrogen-bond acceptors (Lipinski definition) is 2. The van der Waals surface area contributed by atoms with Crippen LogP contribution < -0.4 is 4.74 Å². The fraction of sp³-hybridized carbons (Fsp3) is 0.562. The van der Waals surface area contributed by atoms with Gasteiger partial charge >= 0.3 is 0 Å². The van der Waals surface area contributed by atoms with Gasteiger partial charge in [0.05, 0.1) is 12.5 Å². The highest BCUT2D eigenvalue weighted by atomic mass is 79.9. The van der Waals surface area contributed by atoms with Crippen LogP contribution in [0.5, 0.6) is 5.75 Å². The first-order chi connectivity index (χ1) is 9.79. The molecule has 0 aromatic heterocycles. The number of benzene rings is 1. The predicted molar refractivity (Wildman–Crippen MR) is 82.4 cm³/mol. The molecule has 1 aromatic carbocycles. The molecule has 0 bridgehead atoms. The largest absolute Gasteiger partial charge is 0.493 e. The van der Waals surface area contributed by atoms with Crippen molar-refractivity contribution >= 4 is 21.8 Å². The molecule has 1 amide bonds. The van der Waals surface area contributed by atoms with Crippen LogP contribution in [0.1, 0.15) is 30.7 Å². The van der Waals surface area contributed by atoms with Crippen LogP contribution >= 0.6 is 15.9 Å². The summed E-state index contributed by atoms with van der Waals surface area (Å²) in [5.74, 6) is 1.82. The van der Waals surface area contributed by atoms with Crippen molar-refractivity contribution in [2.45, 2.75) is 25.2 Å². The van der Waals surface area contributed by atoms with E-state index in [2.05, 4.69) is 20.8 Å². The zero-order chi connectivity index (χ0) is 13.9. The second-order valence-electron chi connectivity index (χ2n) is 5.64. The molecule has 4 heteroatoms. The van der Waals surface area contributed by atoms with Crippen LogP contribution in [-0.2, 0) is 4.79 Å². The monoisotopic (exact) mass is 337 g/mol. The van der Waals surface area contributed by atoms with Crippen LogP contribution in [0, 0.1) is 5.92 Å². The number of ether oxygens (including phenoxy) is 1. The van der Waals surface area contributed by atoms with E-state index in [0.29, 0.717) is 12.5 Å². The molecule has 1 saturated heterocycles. The Labute approximate surface area is 128 Å². The lowest BCUT2D eigenvalue weighted by molar-refractivity contribution is -0.132. The van der Waals surface area contributed by atoms with E-state index in [4.69, 9.17) is 4.74 Å². The van der Waals surface area contributed by atoms with E-state index in [-0.39, 0.29) is 11.8 Å². The maximum atomic E-state index is 12.8. The van der Waals surface area contributed by atoms with Crippen LogP contribution in [-0.4, -0.2) is 35.8 Å². The molecule has 0 aliphatic carbocycles. The number of likely N-dealkylation sites (tertiary alicyclic amines) is 1. The van der Waals surface area contributed by atoms with Crippen LogP contribution in [0.15, 0.2) is 24.3 Å². The molecule has 0 spiro atoms. The quantitative estimate of drug-likeness (QED) is 0.793. The van der Waals surface area contributed by atoms with Crippen molar-refractivity contribution in [1.82, 2.24) is 4.90 Å². The maximum Gasteiger partial charge on any atom is 0.230 e. The summed E-state index contributed by atoms with van der Waals surface area (Å²) in [4.78, 5) is 14.8. The van der Waals surface area contributed by atoms with Gasteiger partial charge in [-0.3, -0.25) is 4.79 Å². The number of halogens is 1. The fourth-order valence-corrected chi connectivity index (χ4v) is 3.89. The molecule has 108 valence electrons. The highest BCUT2D eigenvalue weighted by Crippen LogP contribution is 2.35. The zero-order valence-corrected chi connectivity index (χ0v) is 13.1. The minimum Gasteiger partial charge on any atom is -0.493 e. The second kappa shape index (κ2) is 6.17. The molecule has 3 nitrogen and oxygen atoms in total. The number of hydrogen-bond donors (Lipinski definition) is 0. The summed E-state index contributed by atoms with van der Waals surface area (Å²) >= 11 is 3.49. The Balaban J connectivity index is 1.73. The average molecular weight is 338 g/mol. The van der Waals surface area contributed by atoms with Gasteiger partial charge in [0.1, 0.15) is 5.75 Å². The Kier molecular flexibility index (Phi) is 4.29. The highest BCUT2D eigenvalue weighted by Gasteiger charge is 2.34. The average Bonchev–Trinajstić information content (AvgIpc) is 2.95. The summed E-state index contributed by atoms with van der Waals surface area (Å²) in [5.41, 5.74) is 1.06. The van der Waals surface area contributed by atoms with Crippen molar-refractivity contribution in [3.8, 4) is 5.75 Å². The topological polar surface area (TPSA) is 29.5 Å². The molecule has 2 aliphatic heterocycles. The molecular weight excluding hydrogens is 318 g/mol. The molecule has 2 heterocycles. The van der Waals surface area contributed by atoms with E-state index in [0.717, 1.165) is 49.0 Å². The molecule has 0 radical (unpaired) electrons. The van der Waals surface area contributed by atoms with Gasteiger partial charge in [-0.25, -0.2) is 0 Å². The minimum atomic E-state index is -0.0114. The van der Waals surface area contributed by atoms with Crippen molar-refractivity contribution < 1.29 is 9.53 Å². The summed E-state index contributed by atoms with van der Waals surface area (Å²) in [6, 6.07) is 7.95. The first kappa shape index (κ1) is 13.9. The van der Waals surface area contributed by atoms with Gasteiger partial charge in [-0.15, -0.1) is 0 Å². The lowest BCUT2D eigenvalue weighted by atomic mass is 9.92. The van der Waals surface area contributed by atoms with E-state index >= 15 is 0 Å². The van der Waals surface area contributed by atoms with Crippen LogP contribution in [0.3, 0.4) is 0 Å². The molecule has 3 rings (SSSR count). The summed E-state index contributed by atoms with van der Waals surface area (Å²) in [7, 11) is 0. The van der Waals surface area contributed by atoms with Gasteiger partial charge in [-0.2, -0.15) is 0 Å². The lowest BCUT2D eigenvalue weighted by Crippen LogP contribution is -2.35. The van der Waals surface area contributed by atoms with Gasteiger partial charge in [-0.1, -0.05) is 34.1 Å². The summed E-state index contributed by atoms with van der Waals surface area (Å²) in [5, 5.41) is 1.03. The normalized spacial score (nSPS) is 25.1.